The Labute approximate surface area is 220 Å². The summed E-state index contributed by atoms with van der Waals surface area (Å²) in [6, 6.07) is 1.25. The van der Waals surface area contributed by atoms with Crippen molar-refractivity contribution >= 4 is 11.6 Å². The maximum atomic E-state index is 13.7. The van der Waals surface area contributed by atoms with Gasteiger partial charge in [0.1, 0.15) is 23.0 Å². The van der Waals surface area contributed by atoms with Gasteiger partial charge in [-0.1, -0.05) is 78.1 Å². The van der Waals surface area contributed by atoms with Crippen molar-refractivity contribution in [2.45, 2.75) is 111 Å². The van der Waals surface area contributed by atoms with Gasteiger partial charge in [0.25, 0.3) is 0 Å². The predicted molar refractivity (Wildman–Crippen MR) is 145 cm³/mol. The van der Waals surface area contributed by atoms with Crippen molar-refractivity contribution in [1.29, 1.82) is 0 Å². The second-order valence-corrected chi connectivity index (χ2v) is 10.4. The predicted octanol–water partition coefficient (Wildman–Crippen LogP) is 7.40. The molecule has 202 valence electrons. The van der Waals surface area contributed by atoms with Gasteiger partial charge in [0.15, 0.2) is 5.78 Å². The summed E-state index contributed by atoms with van der Waals surface area (Å²) in [6.07, 6.45) is 13.1. The monoisotopic (exact) mass is 510 g/mol. The third-order valence-electron chi connectivity index (χ3n) is 7.58. The standard InChI is InChI=1S/C31H42O6/c1-4-6-8-10-12-14-16-20-23-25(29(35)21(28(20)34)17-15-13-11-9-7-5-2)31(37)24-22(32)18-19(3)27(33)26(24)30(23)36/h18,32-35H,4-17H2,1-3H3. The van der Waals surface area contributed by atoms with Crippen LogP contribution in [0.25, 0.3) is 0 Å². The highest BCUT2D eigenvalue weighted by molar-refractivity contribution is 6.32. The number of benzene rings is 2. The normalized spacial score (nSPS) is 12.6. The Balaban J connectivity index is 2.03. The highest BCUT2D eigenvalue weighted by Gasteiger charge is 2.40. The molecule has 1 aliphatic rings. The quantitative estimate of drug-likeness (QED) is 0.133. The van der Waals surface area contributed by atoms with Gasteiger partial charge in [0, 0.05) is 16.7 Å². The zero-order chi connectivity index (χ0) is 27.1. The molecule has 0 unspecified atom stereocenters. The third kappa shape index (κ3) is 5.94. The second-order valence-electron chi connectivity index (χ2n) is 10.4. The lowest BCUT2D eigenvalue weighted by molar-refractivity contribution is 0.0970. The number of phenolic OH excluding ortho intramolecular Hbond substituents is 4. The molecule has 2 aromatic carbocycles. The van der Waals surface area contributed by atoms with Crippen LogP contribution in [0.1, 0.15) is 139 Å². The molecule has 4 N–H and O–H groups in total. The van der Waals surface area contributed by atoms with Gasteiger partial charge in [-0.05, 0) is 44.2 Å². The van der Waals surface area contributed by atoms with Gasteiger partial charge in [-0.15, -0.1) is 0 Å². The Morgan fingerprint density at radius 2 is 1.00 bits per heavy atom. The van der Waals surface area contributed by atoms with E-state index in [0.29, 0.717) is 18.4 Å². The number of phenols is 4. The lowest BCUT2D eigenvalue weighted by atomic mass is 9.77. The maximum Gasteiger partial charge on any atom is 0.202 e. The first kappa shape index (κ1) is 28.5. The van der Waals surface area contributed by atoms with Crippen LogP contribution in [0.5, 0.6) is 23.0 Å². The number of carbonyl (C=O) groups excluding carboxylic acids is 2. The molecule has 0 saturated carbocycles. The highest BCUT2D eigenvalue weighted by Crippen LogP contribution is 2.47. The van der Waals surface area contributed by atoms with Crippen LogP contribution in [0, 0.1) is 6.92 Å². The summed E-state index contributed by atoms with van der Waals surface area (Å²) >= 11 is 0. The third-order valence-corrected chi connectivity index (χ3v) is 7.58. The summed E-state index contributed by atoms with van der Waals surface area (Å²) in [5.41, 5.74) is 0.138. The van der Waals surface area contributed by atoms with Crippen molar-refractivity contribution in [2.75, 3.05) is 0 Å². The summed E-state index contributed by atoms with van der Waals surface area (Å²) in [7, 11) is 0. The summed E-state index contributed by atoms with van der Waals surface area (Å²) in [5.74, 6) is -2.65. The average molecular weight is 511 g/mol. The van der Waals surface area contributed by atoms with Gasteiger partial charge in [-0.2, -0.15) is 0 Å². The minimum absolute atomic E-state index is 0.0481. The number of rotatable bonds is 14. The molecule has 1 aliphatic carbocycles. The number of unbranched alkanes of at least 4 members (excludes halogenated alkanes) is 10. The fourth-order valence-corrected chi connectivity index (χ4v) is 5.44. The van der Waals surface area contributed by atoms with Gasteiger partial charge in [0.05, 0.1) is 16.7 Å². The zero-order valence-electron chi connectivity index (χ0n) is 22.6. The number of hydrogen-bond acceptors (Lipinski definition) is 6. The molecule has 2 aromatic rings. The van der Waals surface area contributed by atoms with Gasteiger partial charge in [-0.25, -0.2) is 0 Å². The van der Waals surface area contributed by atoms with Crippen LogP contribution in [0.3, 0.4) is 0 Å². The largest absolute Gasteiger partial charge is 0.507 e. The Bertz CT molecular complexity index is 1150. The van der Waals surface area contributed by atoms with E-state index in [9.17, 15) is 30.0 Å². The molecule has 3 rings (SSSR count). The highest BCUT2D eigenvalue weighted by atomic mass is 16.3. The van der Waals surface area contributed by atoms with Crippen LogP contribution in [0.15, 0.2) is 6.07 Å². The summed E-state index contributed by atoms with van der Waals surface area (Å²) in [6.45, 7) is 5.85. The van der Waals surface area contributed by atoms with E-state index in [-0.39, 0.29) is 44.9 Å². The maximum absolute atomic E-state index is 13.7. The minimum atomic E-state index is -0.705. The molecule has 0 atom stereocenters. The fraction of sp³-hybridized carbons (Fsp3) is 0.548. The Morgan fingerprint density at radius 1 is 0.541 bits per heavy atom. The molecule has 0 saturated heterocycles. The van der Waals surface area contributed by atoms with Crippen molar-refractivity contribution < 1.29 is 30.0 Å². The van der Waals surface area contributed by atoms with Gasteiger partial charge < -0.3 is 20.4 Å². The number of hydrogen-bond donors (Lipinski definition) is 4. The van der Waals surface area contributed by atoms with Crippen molar-refractivity contribution in [2.24, 2.45) is 0 Å². The van der Waals surface area contributed by atoms with Crippen LogP contribution < -0.4 is 0 Å². The van der Waals surface area contributed by atoms with Crippen LogP contribution in [-0.4, -0.2) is 32.0 Å². The molecule has 0 aliphatic heterocycles. The minimum Gasteiger partial charge on any atom is -0.507 e. The summed E-state index contributed by atoms with van der Waals surface area (Å²) in [5, 5.41) is 43.7. The van der Waals surface area contributed by atoms with Crippen LogP contribution in [0.4, 0.5) is 0 Å². The average Bonchev–Trinajstić information content (AvgIpc) is 2.86. The topological polar surface area (TPSA) is 115 Å². The number of carbonyl (C=O) groups is 2. The van der Waals surface area contributed by atoms with E-state index in [1.165, 1.54) is 12.5 Å². The first-order chi connectivity index (χ1) is 17.8. The molecule has 0 amide bonds. The van der Waals surface area contributed by atoms with Crippen LogP contribution in [-0.2, 0) is 12.8 Å². The zero-order valence-corrected chi connectivity index (χ0v) is 22.6. The SMILES string of the molecule is CCCCCCCCc1c(O)c(CCCCCCCC)c2c(c1O)C(=O)c1c(O)cc(C)c(O)c1C2=O. The second kappa shape index (κ2) is 13.0. The van der Waals surface area contributed by atoms with E-state index in [1.807, 2.05) is 0 Å². The summed E-state index contributed by atoms with van der Waals surface area (Å²) < 4.78 is 0. The van der Waals surface area contributed by atoms with E-state index < -0.39 is 23.1 Å². The molecule has 6 heteroatoms. The molecule has 0 spiro atoms. The number of fused-ring (bicyclic) bond motifs is 2. The van der Waals surface area contributed by atoms with Crippen LogP contribution >= 0.6 is 0 Å². The van der Waals surface area contributed by atoms with Crippen molar-refractivity contribution in [3.05, 3.63) is 45.0 Å². The molecule has 6 nitrogen and oxygen atoms in total. The fourth-order valence-electron chi connectivity index (χ4n) is 5.44. The number of aromatic hydroxyl groups is 4. The Kier molecular flexibility index (Phi) is 10.0. The molecule has 0 aromatic heterocycles. The Hall–Kier alpha value is -3.02. The van der Waals surface area contributed by atoms with Crippen molar-refractivity contribution in [1.82, 2.24) is 0 Å². The van der Waals surface area contributed by atoms with Gasteiger partial charge >= 0.3 is 0 Å². The van der Waals surface area contributed by atoms with Gasteiger partial charge in [0.2, 0.25) is 5.78 Å². The molecule has 0 heterocycles. The van der Waals surface area contributed by atoms with E-state index in [1.54, 1.807) is 6.92 Å². The van der Waals surface area contributed by atoms with Crippen molar-refractivity contribution in [3.63, 3.8) is 0 Å². The first-order valence-electron chi connectivity index (χ1n) is 14.0. The molecule has 0 radical (unpaired) electrons. The number of ketones is 2. The van der Waals surface area contributed by atoms with E-state index in [2.05, 4.69) is 13.8 Å². The van der Waals surface area contributed by atoms with E-state index >= 15 is 0 Å². The van der Waals surface area contributed by atoms with E-state index in [4.69, 9.17) is 0 Å². The lowest BCUT2D eigenvalue weighted by Gasteiger charge is -2.26. The van der Waals surface area contributed by atoms with E-state index in [0.717, 1.165) is 70.6 Å². The first-order valence-corrected chi connectivity index (χ1v) is 14.0. The molecular weight excluding hydrogens is 468 g/mol. The number of aryl methyl sites for hydroxylation is 1. The molecular formula is C31H42O6. The smallest absolute Gasteiger partial charge is 0.202 e. The van der Waals surface area contributed by atoms with Crippen molar-refractivity contribution in [3.8, 4) is 23.0 Å². The summed E-state index contributed by atoms with van der Waals surface area (Å²) in [4.78, 5) is 27.3. The lowest BCUT2D eigenvalue weighted by Crippen LogP contribution is -2.24. The molecule has 0 fully saturated rings. The molecule has 37 heavy (non-hydrogen) atoms. The Morgan fingerprint density at radius 3 is 1.57 bits per heavy atom. The van der Waals surface area contributed by atoms with Crippen LogP contribution in [0.2, 0.25) is 0 Å². The van der Waals surface area contributed by atoms with Gasteiger partial charge in [-0.3, -0.25) is 9.59 Å². The molecule has 0 bridgehead atoms.